The first-order valence-corrected chi connectivity index (χ1v) is 6.31. The van der Waals surface area contributed by atoms with E-state index in [1.165, 1.54) is 5.41 Å². The van der Waals surface area contributed by atoms with E-state index in [-0.39, 0.29) is 5.75 Å². The molecule has 0 radical (unpaired) electrons. The van der Waals surface area contributed by atoms with Gasteiger partial charge in [-0.15, -0.1) is 0 Å². The van der Waals surface area contributed by atoms with Crippen molar-refractivity contribution in [2.24, 2.45) is 0 Å². The fourth-order valence-corrected chi connectivity index (χ4v) is 2.17. The number of benzene rings is 1. The molecular formula is C11H14O2S. The molecule has 0 aliphatic rings. The van der Waals surface area contributed by atoms with Crippen molar-refractivity contribution >= 4 is 15.9 Å². The van der Waals surface area contributed by atoms with Gasteiger partial charge in [0.15, 0.2) is 9.84 Å². The van der Waals surface area contributed by atoms with Crippen molar-refractivity contribution in [2.45, 2.75) is 13.3 Å². The van der Waals surface area contributed by atoms with Gasteiger partial charge in [0, 0.05) is 5.41 Å². The van der Waals surface area contributed by atoms with Crippen LogP contribution in [0, 0.1) is 0 Å². The van der Waals surface area contributed by atoms with Crippen molar-refractivity contribution in [1.82, 2.24) is 0 Å². The molecule has 0 spiro atoms. The van der Waals surface area contributed by atoms with Gasteiger partial charge in [-0.2, -0.15) is 0 Å². The standard InChI is InChI=1S/C11H14O2S/c1-2-9-14(12,13)10-8-11-6-4-3-5-7-11/h3-8,10H,2,9H2,1H3/b10-8+. The molecule has 1 aromatic rings. The third-order valence-corrected chi connectivity index (χ3v) is 3.28. The van der Waals surface area contributed by atoms with Crippen LogP contribution < -0.4 is 0 Å². The van der Waals surface area contributed by atoms with Gasteiger partial charge in [-0.1, -0.05) is 37.3 Å². The van der Waals surface area contributed by atoms with Gasteiger partial charge in [0.25, 0.3) is 0 Å². The number of hydrogen-bond acceptors (Lipinski definition) is 2. The fourth-order valence-electron chi connectivity index (χ4n) is 1.10. The summed E-state index contributed by atoms with van der Waals surface area (Å²) in [5, 5.41) is 1.28. The minimum absolute atomic E-state index is 0.219. The van der Waals surface area contributed by atoms with Gasteiger partial charge < -0.3 is 0 Å². The van der Waals surface area contributed by atoms with Gasteiger partial charge in [-0.25, -0.2) is 8.42 Å². The Morgan fingerprint density at radius 1 is 1.21 bits per heavy atom. The molecule has 0 N–H and O–H groups in total. The van der Waals surface area contributed by atoms with E-state index in [4.69, 9.17) is 0 Å². The Morgan fingerprint density at radius 2 is 1.86 bits per heavy atom. The summed E-state index contributed by atoms with van der Waals surface area (Å²) in [5.41, 5.74) is 0.909. The molecule has 14 heavy (non-hydrogen) atoms. The van der Waals surface area contributed by atoms with E-state index in [0.29, 0.717) is 6.42 Å². The van der Waals surface area contributed by atoms with Crippen LogP contribution in [0.5, 0.6) is 0 Å². The highest BCUT2D eigenvalue weighted by atomic mass is 32.2. The molecule has 1 rings (SSSR count). The monoisotopic (exact) mass is 210 g/mol. The van der Waals surface area contributed by atoms with E-state index >= 15 is 0 Å². The third-order valence-electron chi connectivity index (χ3n) is 1.76. The highest BCUT2D eigenvalue weighted by Gasteiger charge is 2.02. The highest BCUT2D eigenvalue weighted by molar-refractivity contribution is 7.94. The molecule has 0 saturated heterocycles. The normalized spacial score (nSPS) is 12.1. The summed E-state index contributed by atoms with van der Waals surface area (Å²) in [6.45, 7) is 1.86. The second kappa shape index (κ2) is 4.96. The molecule has 0 atom stereocenters. The Labute approximate surface area is 85.2 Å². The molecule has 0 aromatic heterocycles. The topological polar surface area (TPSA) is 34.1 Å². The molecule has 2 nitrogen and oxygen atoms in total. The summed E-state index contributed by atoms with van der Waals surface area (Å²) in [6.07, 6.45) is 2.28. The second-order valence-electron chi connectivity index (χ2n) is 3.08. The summed E-state index contributed by atoms with van der Waals surface area (Å²) < 4.78 is 22.6. The molecule has 0 aliphatic heterocycles. The lowest BCUT2D eigenvalue weighted by molar-refractivity contribution is 0.603. The first-order valence-electron chi connectivity index (χ1n) is 4.60. The zero-order valence-corrected chi connectivity index (χ0v) is 9.00. The van der Waals surface area contributed by atoms with Gasteiger partial charge >= 0.3 is 0 Å². The summed E-state index contributed by atoms with van der Waals surface area (Å²) in [4.78, 5) is 0. The Balaban J connectivity index is 2.74. The van der Waals surface area contributed by atoms with Crippen molar-refractivity contribution in [1.29, 1.82) is 0 Å². The van der Waals surface area contributed by atoms with E-state index in [9.17, 15) is 8.42 Å². The van der Waals surface area contributed by atoms with Crippen LogP contribution in [0.25, 0.3) is 6.08 Å². The first-order chi connectivity index (χ1) is 6.64. The summed E-state index contributed by atoms with van der Waals surface area (Å²) in [7, 11) is -3.01. The summed E-state index contributed by atoms with van der Waals surface area (Å²) in [5.74, 6) is 0.219. The van der Waals surface area contributed by atoms with Gasteiger partial charge in [-0.05, 0) is 18.1 Å². The number of hydrogen-bond donors (Lipinski definition) is 0. The first kappa shape index (κ1) is 11.0. The summed E-state index contributed by atoms with van der Waals surface area (Å²) in [6, 6.07) is 9.41. The van der Waals surface area contributed by atoms with E-state index in [1.807, 2.05) is 37.3 Å². The Kier molecular flexibility index (Phi) is 3.89. The van der Waals surface area contributed by atoms with Gasteiger partial charge in [0.2, 0.25) is 0 Å². The van der Waals surface area contributed by atoms with Crippen LogP contribution in [-0.4, -0.2) is 14.2 Å². The largest absolute Gasteiger partial charge is 0.224 e. The maximum atomic E-state index is 11.3. The molecule has 0 amide bonds. The Morgan fingerprint density at radius 3 is 2.43 bits per heavy atom. The predicted octanol–water partition coefficient (Wildman–Crippen LogP) is 2.48. The highest BCUT2D eigenvalue weighted by Crippen LogP contribution is 2.04. The minimum atomic E-state index is -3.01. The molecule has 0 bridgehead atoms. The Bertz CT molecular complexity index is 391. The average Bonchev–Trinajstić information content (AvgIpc) is 2.17. The van der Waals surface area contributed by atoms with Crippen molar-refractivity contribution < 1.29 is 8.42 Å². The van der Waals surface area contributed by atoms with Crippen LogP contribution in [0.15, 0.2) is 35.7 Å². The molecular weight excluding hydrogens is 196 g/mol. The quantitative estimate of drug-likeness (QED) is 0.765. The molecule has 0 heterocycles. The van der Waals surface area contributed by atoms with Crippen LogP contribution >= 0.6 is 0 Å². The maximum Gasteiger partial charge on any atom is 0.171 e. The average molecular weight is 210 g/mol. The van der Waals surface area contributed by atoms with Gasteiger partial charge in [-0.3, -0.25) is 0 Å². The van der Waals surface area contributed by atoms with Crippen LogP contribution in [-0.2, 0) is 9.84 Å². The molecule has 1 aromatic carbocycles. The van der Waals surface area contributed by atoms with Crippen LogP contribution in [0.2, 0.25) is 0 Å². The number of sulfone groups is 1. The van der Waals surface area contributed by atoms with Crippen molar-refractivity contribution in [2.75, 3.05) is 5.75 Å². The van der Waals surface area contributed by atoms with Crippen LogP contribution in [0.1, 0.15) is 18.9 Å². The van der Waals surface area contributed by atoms with Gasteiger partial charge in [0.05, 0.1) is 5.75 Å². The number of rotatable bonds is 4. The lowest BCUT2D eigenvalue weighted by Gasteiger charge is -1.94. The molecule has 0 saturated carbocycles. The fraction of sp³-hybridized carbons (Fsp3) is 0.273. The second-order valence-corrected chi connectivity index (χ2v) is 5.09. The lowest BCUT2D eigenvalue weighted by atomic mass is 10.2. The molecule has 3 heteroatoms. The Hall–Kier alpha value is -1.09. The maximum absolute atomic E-state index is 11.3. The van der Waals surface area contributed by atoms with E-state index in [0.717, 1.165) is 5.56 Å². The van der Waals surface area contributed by atoms with Crippen molar-refractivity contribution in [3.8, 4) is 0 Å². The van der Waals surface area contributed by atoms with E-state index in [1.54, 1.807) is 6.08 Å². The molecule has 0 aliphatic carbocycles. The minimum Gasteiger partial charge on any atom is -0.224 e. The van der Waals surface area contributed by atoms with Crippen molar-refractivity contribution in [3.05, 3.63) is 41.3 Å². The zero-order chi connectivity index (χ0) is 10.4. The zero-order valence-electron chi connectivity index (χ0n) is 8.18. The molecule has 0 unspecified atom stereocenters. The van der Waals surface area contributed by atoms with Gasteiger partial charge in [0.1, 0.15) is 0 Å². The SMILES string of the molecule is CCCS(=O)(=O)/C=C/c1ccccc1. The van der Waals surface area contributed by atoms with E-state index in [2.05, 4.69) is 0 Å². The predicted molar refractivity (Wildman–Crippen MR) is 59.6 cm³/mol. The lowest BCUT2D eigenvalue weighted by Crippen LogP contribution is -1.99. The molecule has 76 valence electrons. The van der Waals surface area contributed by atoms with Crippen molar-refractivity contribution in [3.63, 3.8) is 0 Å². The smallest absolute Gasteiger partial charge is 0.171 e. The summed E-state index contributed by atoms with van der Waals surface area (Å²) >= 11 is 0. The molecule has 0 fully saturated rings. The third kappa shape index (κ3) is 3.75. The van der Waals surface area contributed by atoms with E-state index < -0.39 is 9.84 Å². The van der Waals surface area contributed by atoms with Crippen LogP contribution in [0.3, 0.4) is 0 Å². The van der Waals surface area contributed by atoms with Crippen LogP contribution in [0.4, 0.5) is 0 Å².